The molecule has 0 unspecified atom stereocenters. The molecule has 6 heteroatoms. The van der Waals surface area contributed by atoms with E-state index in [1.54, 1.807) is 0 Å². The molecule has 38 heavy (non-hydrogen) atoms. The Labute approximate surface area is 243 Å². The summed E-state index contributed by atoms with van der Waals surface area (Å²) >= 11 is -3.11. The van der Waals surface area contributed by atoms with E-state index in [9.17, 15) is 0 Å². The minimum Gasteiger partial charge on any atom is -0.784 e. The van der Waals surface area contributed by atoms with Crippen molar-refractivity contribution in [3.05, 3.63) is 0 Å². The van der Waals surface area contributed by atoms with E-state index in [0.717, 1.165) is 0 Å². The molecule has 5 nitrogen and oxygen atoms in total. The van der Waals surface area contributed by atoms with E-state index in [1.165, 1.54) is 164 Å². The normalized spacial score (nSPS) is 11.7. The van der Waals surface area contributed by atoms with Crippen molar-refractivity contribution < 1.29 is 22.3 Å². The van der Waals surface area contributed by atoms with Gasteiger partial charge in [-0.05, 0) is 51.4 Å². The van der Waals surface area contributed by atoms with Gasteiger partial charge in [-0.1, -0.05) is 107 Å². The molecule has 0 fully saturated rings. The van der Waals surface area contributed by atoms with Gasteiger partial charge in [0.15, 0.2) is 0 Å². The maximum Gasteiger partial charge on any atom is 0.0786 e. The predicted octanol–water partition coefficient (Wildman–Crippen LogP) is 9.00. The van der Waals surface area contributed by atoms with Crippen LogP contribution < -0.4 is 0 Å². The van der Waals surface area contributed by atoms with E-state index >= 15 is 0 Å². The Morgan fingerprint density at radius 3 is 0.553 bits per heavy atom. The molecule has 0 spiro atoms. The first-order valence-corrected chi connectivity index (χ1v) is 17.7. The average molecular weight is 565 g/mol. The van der Waals surface area contributed by atoms with E-state index < -0.39 is 11.4 Å². The number of quaternary nitrogens is 2. The van der Waals surface area contributed by atoms with E-state index in [4.69, 9.17) is 13.3 Å². The van der Waals surface area contributed by atoms with Crippen LogP contribution >= 0.6 is 0 Å². The zero-order chi connectivity index (χ0) is 29.5. The van der Waals surface area contributed by atoms with Crippen LogP contribution in [0.2, 0.25) is 0 Å². The van der Waals surface area contributed by atoms with Crippen LogP contribution in [-0.4, -0.2) is 74.6 Å². The number of unbranched alkanes of at least 4 members (excludes halogenated alkanes) is 8. The Hall–Kier alpha value is -0.0100. The third kappa shape index (κ3) is 27.6. The molecule has 0 atom stereocenters. The van der Waals surface area contributed by atoms with Gasteiger partial charge in [-0.15, -0.1) is 11.4 Å². The van der Waals surface area contributed by atoms with Crippen molar-refractivity contribution >= 4 is 11.4 Å². The third-order valence-electron chi connectivity index (χ3n) is 7.89. The second-order valence-electron chi connectivity index (χ2n) is 11.5. The predicted molar refractivity (Wildman–Crippen MR) is 168 cm³/mol. The van der Waals surface area contributed by atoms with Crippen LogP contribution in [0.3, 0.4) is 0 Å². The molecule has 0 saturated carbocycles. The van der Waals surface area contributed by atoms with Gasteiger partial charge in [-0.3, -0.25) is 4.21 Å². The van der Waals surface area contributed by atoms with Crippen LogP contribution in [0.4, 0.5) is 0 Å². The lowest BCUT2D eigenvalue weighted by molar-refractivity contribution is -0.929. The molecule has 0 N–H and O–H groups in total. The summed E-state index contributed by atoms with van der Waals surface area (Å²) in [6, 6.07) is 0. The van der Waals surface area contributed by atoms with Gasteiger partial charge in [0.2, 0.25) is 0 Å². The summed E-state index contributed by atoms with van der Waals surface area (Å²) in [5.74, 6) is 0. The summed E-state index contributed by atoms with van der Waals surface area (Å²) in [4.78, 5) is 0. The highest BCUT2D eigenvalue weighted by molar-refractivity contribution is 7.72. The Bertz CT molecular complexity index is 363. The minimum atomic E-state index is -3.11. The molecule has 0 saturated heterocycles. The Morgan fingerprint density at radius 1 is 0.368 bits per heavy atom. The fourth-order valence-electron chi connectivity index (χ4n) is 5.29. The number of hydrogen-bond acceptors (Lipinski definition) is 3. The third-order valence-corrected chi connectivity index (χ3v) is 7.89. The molecule has 0 aromatic heterocycles. The highest BCUT2D eigenvalue weighted by Gasteiger charge is 2.25. The molecule has 0 radical (unpaired) electrons. The van der Waals surface area contributed by atoms with Crippen molar-refractivity contribution in [3.63, 3.8) is 0 Å². The summed E-state index contributed by atoms with van der Waals surface area (Å²) in [5, 5.41) is 0. The van der Waals surface area contributed by atoms with Crippen LogP contribution in [0, 0.1) is 0 Å². The van der Waals surface area contributed by atoms with Gasteiger partial charge in [-0.2, -0.15) is 0 Å². The van der Waals surface area contributed by atoms with Crippen LogP contribution in [0.5, 0.6) is 0 Å². The largest absolute Gasteiger partial charge is 0.784 e. The van der Waals surface area contributed by atoms with E-state index in [-0.39, 0.29) is 0 Å². The summed E-state index contributed by atoms with van der Waals surface area (Å²) in [5.41, 5.74) is 0. The van der Waals surface area contributed by atoms with Crippen molar-refractivity contribution in [2.24, 2.45) is 0 Å². The van der Waals surface area contributed by atoms with Gasteiger partial charge in [0.05, 0.1) is 52.4 Å². The highest BCUT2D eigenvalue weighted by atomic mass is 32.2. The van der Waals surface area contributed by atoms with Crippen LogP contribution in [0.15, 0.2) is 0 Å². The molecule has 0 aliphatic carbocycles. The Morgan fingerprint density at radius 2 is 0.474 bits per heavy atom. The maximum atomic E-state index is 8.44. The first kappa shape index (κ1) is 42.5. The van der Waals surface area contributed by atoms with E-state index in [1.807, 2.05) is 0 Å². The fourth-order valence-corrected chi connectivity index (χ4v) is 5.29. The zero-order valence-corrected chi connectivity index (χ0v) is 28.3. The standard InChI is InChI=1S/2C16H36N.H2O3S/c2*1-5-9-13-17(14-10-6-2,15-11-7-3)16-12-8-4;1-4(2)3/h2*5-16H2,1-4H3;(H2,1,2,3)/q2*+1;/p-2. The SMILES string of the molecule is CCCC[N+](CCCC)(CCCC)CCCC.CCCC[N+](CCCC)(CCCC)CCCC.O=S([O-])[O-]. The highest BCUT2D eigenvalue weighted by Crippen LogP contribution is 2.17. The second kappa shape index (κ2) is 31.5. The lowest BCUT2D eigenvalue weighted by atomic mass is 10.1. The molecule has 0 amide bonds. The van der Waals surface area contributed by atoms with Crippen molar-refractivity contribution in [1.82, 2.24) is 0 Å². The smallest absolute Gasteiger partial charge is 0.0786 e. The second-order valence-corrected chi connectivity index (χ2v) is 11.9. The molecular weight excluding hydrogens is 492 g/mol. The lowest BCUT2D eigenvalue weighted by Crippen LogP contribution is -2.50. The number of hydrogen-bond donors (Lipinski definition) is 0. The molecule has 0 aromatic rings. The summed E-state index contributed by atoms with van der Waals surface area (Å²) < 4.78 is 28.2. The van der Waals surface area contributed by atoms with Crippen LogP contribution in [-0.2, 0) is 11.4 Å². The number of rotatable bonds is 24. The zero-order valence-electron chi connectivity index (χ0n) is 27.5. The van der Waals surface area contributed by atoms with Crippen LogP contribution in [0.1, 0.15) is 158 Å². The molecule has 234 valence electrons. The first-order valence-electron chi connectivity index (χ1n) is 16.7. The molecule has 0 rings (SSSR count). The molecule has 0 aromatic carbocycles. The van der Waals surface area contributed by atoms with E-state index in [2.05, 4.69) is 55.4 Å². The van der Waals surface area contributed by atoms with Crippen molar-refractivity contribution in [3.8, 4) is 0 Å². The summed E-state index contributed by atoms with van der Waals surface area (Å²) in [7, 11) is 0. The first-order chi connectivity index (χ1) is 18.2. The Balaban J connectivity index is -0.000000564. The maximum absolute atomic E-state index is 8.44. The van der Waals surface area contributed by atoms with E-state index in [0.29, 0.717) is 0 Å². The topological polar surface area (TPSA) is 63.2 Å². The monoisotopic (exact) mass is 565 g/mol. The fraction of sp³-hybridized carbons (Fsp3) is 1.00. The molecule has 0 aliphatic heterocycles. The van der Waals surface area contributed by atoms with Gasteiger partial charge < -0.3 is 18.1 Å². The molecule has 0 heterocycles. The van der Waals surface area contributed by atoms with Crippen molar-refractivity contribution in [2.45, 2.75) is 158 Å². The number of nitrogens with zero attached hydrogens (tertiary/aromatic N) is 2. The lowest BCUT2D eigenvalue weighted by Gasteiger charge is -2.39. The van der Waals surface area contributed by atoms with Gasteiger partial charge >= 0.3 is 0 Å². The summed E-state index contributed by atoms with van der Waals surface area (Å²) in [6.07, 6.45) is 22.1. The summed E-state index contributed by atoms with van der Waals surface area (Å²) in [6.45, 7) is 30.0. The van der Waals surface area contributed by atoms with Gasteiger partial charge in [0.1, 0.15) is 0 Å². The van der Waals surface area contributed by atoms with Gasteiger partial charge in [-0.25, -0.2) is 0 Å². The average Bonchev–Trinajstić information content (AvgIpc) is 2.91. The minimum absolute atomic E-state index is 1.35. The van der Waals surface area contributed by atoms with Crippen LogP contribution in [0.25, 0.3) is 0 Å². The molecule has 0 bridgehead atoms. The van der Waals surface area contributed by atoms with Gasteiger partial charge in [0, 0.05) is 0 Å². The molecular formula is C32H72N2O3S. The van der Waals surface area contributed by atoms with Gasteiger partial charge in [0.25, 0.3) is 0 Å². The quantitative estimate of drug-likeness (QED) is 0.0868. The Kier molecular flexibility index (Phi) is 35.2. The van der Waals surface area contributed by atoms with Crippen molar-refractivity contribution in [2.75, 3.05) is 52.4 Å². The van der Waals surface area contributed by atoms with Crippen molar-refractivity contribution in [1.29, 1.82) is 0 Å². The molecule has 0 aliphatic rings.